The van der Waals surface area contributed by atoms with Crippen molar-refractivity contribution in [2.45, 2.75) is 19.4 Å². The minimum absolute atomic E-state index is 0.0290. The number of carbonyl (C=O) groups excluding carboxylic acids is 1. The number of methoxy groups -OCH3 is 2. The number of aliphatic hydroxyl groups is 1. The molecule has 1 unspecified atom stereocenters. The summed E-state index contributed by atoms with van der Waals surface area (Å²) in [5.74, 6) is 0.0658. The smallest absolute Gasteiger partial charge is 0.220 e. The van der Waals surface area contributed by atoms with Crippen LogP contribution in [-0.4, -0.2) is 35.6 Å². The van der Waals surface area contributed by atoms with Crippen molar-refractivity contribution < 1.29 is 19.4 Å². The van der Waals surface area contributed by atoms with E-state index in [1.807, 2.05) is 0 Å². The largest absolute Gasteiger partial charge is 0.481 e. The van der Waals surface area contributed by atoms with Gasteiger partial charge in [0.2, 0.25) is 11.8 Å². The predicted molar refractivity (Wildman–Crippen MR) is 59.9 cm³/mol. The highest BCUT2D eigenvalue weighted by molar-refractivity contribution is 5.64. The molecule has 0 aromatic carbocycles. The molecule has 0 bridgehead atoms. The van der Waals surface area contributed by atoms with Crippen LogP contribution in [0.5, 0.6) is 11.8 Å². The summed E-state index contributed by atoms with van der Waals surface area (Å²) in [4.78, 5) is 19.0. The molecule has 0 aliphatic rings. The van der Waals surface area contributed by atoms with Crippen LogP contribution in [0.3, 0.4) is 0 Å². The van der Waals surface area contributed by atoms with Gasteiger partial charge in [-0.2, -0.15) is 9.97 Å². The third-order valence-electron chi connectivity index (χ3n) is 2.52. The number of carbonyl (C=O) groups is 1. The van der Waals surface area contributed by atoms with Crippen LogP contribution < -0.4 is 9.47 Å². The zero-order valence-corrected chi connectivity index (χ0v) is 10.3. The van der Waals surface area contributed by atoms with Crippen LogP contribution in [-0.2, 0) is 10.4 Å². The second-order valence-electron chi connectivity index (χ2n) is 3.87. The Labute approximate surface area is 99.6 Å². The van der Waals surface area contributed by atoms with Gasteiger partial charge in [-0.3, -0.25) is 4.79 Å². The first-order valence-electron chi connectivity index (χ1n) is 5.14. The van der Waals surface area contributed by atoms with E-state index in [0.717, 1.165) is 0 Å². The van der Waals surface area contributed by atoms with Gasteiger partial charge in [-0.05, 0) is 5.92 Å². The molecule has 0 radical (unpaired) electrons. The maximum absolute atomic E-state index is 11.1. The molecular weight excluding hydrogens is 224 g/mol. The Morgan fingerprint density at radius 1 is 1.29 bits per heavy atom. The molecule has 0 spiro atoms. The van der Waals surface area contributed by atoms with Crippen LogP contribution in [0.15, 0.2) is 6.07 Å². The predicted octanol–water partition coefficient (Wildman–Crippen LogP) is 0.536. The molecule has 6 heteroatoms. The topological polar surface area (TPSA) is 81.5 Å². The van der Waals surface area contributed by atoms with Crippen LogP contribution in [0.25, 0.3) is 0 Å². The first-order chi connectivity index (χ1) is 7.97. The number of hydrogen-bond donors (Lipinski definition) is 1. The van der Waals surface area contributed by atoms with Gasteiger partial charge in [0.1, 0.15) is 0 Å². The van der Waals surface area contributed by atoms with Gasteiger partial charge in [0.15, 0.2) is 17.7 Å². The lowest BCUT2D eigenvalue weighted by atomic mass is 9.91. The zero-order valence-electron chi connectivity index (χ0n) is 10.3. The molecule has 94 valence electrons. The Hall–Kier alpha value is -1.69. The van der Waals surface area contributed by atoms with Crippen molar-refractivity contribution >= 4 is 6.29 Å². The van der Waals surface area contributed by atoms with Gasteiger partial charge in [0, 0.05) is 0 Å². The molecule has 1 N–H and O–H groups in total. The lowest BCUT2D eigenvalue weighted by molar-refractivity contribution is -0.130. The number of rotatable bonds is 5. The van der Waals surface area contributed by atoms with Crippen LogP contribution in [0.4, 0.5) is 0 Å². The third-order valence-corrected chi connectivity index (χ3v) is 2.52. The molecule has 0 amide bonds. The second kappa shape index (κ2) is 5.09. The Kier molecular flexibility index (Phi) is 4.01. The van der Waals surface area contributed by atoms with Gasteiger partial charge in [-0.15, -0.1) is 0 Å². The summed E-state index contributed by atoms with van der Waals surface area (Å²) in [5, 5.41) is 10.2. The second-order valence-corrected chi connectivity index (χ2v) is 3.87. The minimum Gasteiger partial charge on any atom is -0.481 e. The molecule has 17 heavy (non-hydrogen) atoms. The van der Waals surface area contributed by atoms with E-state index in [2.05, 4.69) is 9.97 Å². The van der Waals surface area contributed by atoms with Crippen molar-refractivity contribution in [1.29, 1.82) is 0 Å². The molecule has 1 heterocycles. The standard InChI is InChI=1S/C11H16N2O4/c1-7(2)11(15,6-14)10-12-8(16-3)5-9(13-10)17-4/h5-7,15H,1-4H3. The Morgan fingerprint density at radius 3 is 2.06 bits per heavy atom. The summed E-state index contributed by atoms with van der Waals surface area (Å²) in [5.41, 5.74) is -1.75. The van der Waals surface area contributed by atoms with Crippen molar-refractivity contribution in [2.24, 2.45) is 5.92 Å². The molecule has 0 fully saturated rings. The van der Waals surface area contributed by atoms with Crippen molar-refractivity contribution in [2.75, 3.05) is 14.2 Å². The number of nitrogens with zero attached hydrogens (tertiary/aromatic N) is 2. The maximum atomic E-state index is 11.1. The lowest BCUT2D eigenvalue weighted by Gasteiger charge is -2.24. The van der Waals surface area contributed by atoms with Crippen molar-refractivity contribution in [3.63, 3.8) is 0 Å². The average Bonchev–Trinajstić information content (AvgIpc) is 2.36. The summed E-state index contributed by atoms with van der Waals surface area (Å²) in [6, 6.07) is 1.47. The zero-order chi connectivity index (χ0) is 13.1. The molecule has 1 rings (SSSR count). The highest BCUT2D eigenvalue weighted by atomic mass is 16.5. The first-order valence-corrected chi connectivity index (χ1v) is 5.14. The van der Waals surface area contributed by atoms with Gasteiger partial charge in [-0.25, -0.2) is 0 Å². The summed E-state index contributed by atoms with van der Waals surface area (Å²) >= 11 is 0. The number of hydrogen-bond acceptors (Lipinski definition) is 6. The lowest BCUT2D eigenvalue weighted by Crippen LogP contribution is -2.36. The molecule has 0 saturated carbocycles. The Morgan fingerprint density at radius 2 is 1.76 bits per heavy atom. The van der Waals surface area contributed by atoms with Gasteiger partial charge in [0.25, 0.3) is 0 Å². The van der Waals surface area contributed by atoms with Crippen LogP contribution in [0, 0.1) is 5.92 Å². The van der Waals surface area contributed by atoms with Gasteiger partial charge >= 0.3 is 0 Å². The van der Waals surface area contributed by atoms with E-state index in [-0.39, 0.29) is 23.5 Å². The van der Waals surface area contributed by atoms with E-state index in [4.69, 9.17) is 9.47 Å². The normalized spacial score (nSPS) is 14.2. The highest BCUT2D eigenvalue weighted by Crippen LogP contribution is 2.27. The molecular formula is C11H16N2O4. The Balaban J connectivity index is 3.33. The monoisotopic (exact) mass is 240 g/mol. The quantitative estimate of drug-likeness (QED) is 0.756. The molecule has 1 aromatic heterocycles. The fraction of sp³-hybridized carbons (Fsp3) is 0.545. The molecule has 0 aliphatic heterocycles. The Bertz CT molecular complexity index is 386. The maximum Gasteiger partial charge on any atom is 0.220 e. The van der Waals surface area contributed by atoms with Crippen LogP contribution >= 0.6 is 0 Å². The van der Waals surface area contributed by atoms with Crippen LogP contribution in [0.1, 0.15) is 19.7 Å². The van der Waals surface area contributed by atoms with E-state index in [0.29, 0.717) is 6.29 Å². The molecule has 1 atom stereocenters. The molecule has 6 nitrogen and oxygen atoms in total. The van der Waals surface area contributed by atoms with Gasteiger partial charge < -0.3 is 14.6 Å². The van der Waals surface area contributed by atoms with Crippen molar-refractivity contribution in [3.8, 4) is 11.8 Å². The number of aromatic nitrogens is 2. The van der Waals surface area contributed by atoms with E-state index in [9.17, 15) is 9.90 Å². The highest BCUT2D eigenvalue weighted by Gasteiger charge is 2.37. The third kappa shape index (κ3) is 2.52. The van der Waals surface area contributed by atoms with E-state index in [1.54, 1.807) is 13.8 Å². The van der Waals surface area contributed by atoms with E-state index in [1.165, 1.54) is 20.3 Å². The van der Waals surface area contributed by atoms with Crippen LogP contribution in [0.2, 0.25) is 0 Å². The first kappa shape index (κ1) is 13.4. The number of aldehydes is 1. The van der Waals surface area contributed by atoms with Gasteiger partial charge in [-0.1, -0.05) is 13.8 Å². The van der Waals surface area contributed by atoms with Gasteiger partial charge in [0.05, 0.1) is 20.3 Å². The number of ether oxygens (including phenoxy) is 2. The minimum atomic E-state index is -1.75. The van der Waals surface area contributed by atoms with Crippen molar-refractivity contribution in [1.82, 2.24) is 9.97 Å². The average molecular weight is 240 g/mol. The van der Waals surface area contributed by atoms with E-state index >= 15 is 0 Å². The summed E-state index contributed by atoms with van der Waals surface area (Å²) < 4.78 is 9.92. The molecule has 1 aromatic rings. The summed E-state index contributed by atoms with van der Waals surface area (Å²) in [6.45, 7) is 3.40. The summed E-state index contributed by atoms with van der Waals surface area (Å²) in [7, 11) is 2.86. The molecule has 0 saturated heterocycles. The fourth-order valence-electron chi connectivity index (χ4n) is 1.24. The van der Waals surface area contributed by atoms with E-state index < -0.39 is 5.60 Å². The fourth-order valence-corrected chi connectivity index (χ4v) is 1.24. The SMILES string of the molecule is COc1cc(OC)nc(C(O)(C=O)C(C)C)n1. The van der Waals surface area contributed by atoms with Crippen molar-refractivity contribution in [3.05, 3.63) is 11.9 Å². The molecule has 0 aliphatic carbocycles. The summed E-state index contributed by atoms with van der Waals surface area (Å²) in [6.07, 6.45) is 0.423.